The normalized spacial score (nSPS) is 11.3. The summed E-state index contributed by atoms with van der Waals surface area (Å²) >= 11 is 1.70. The van der Waals surface area contributed by atoms with Gasteiger partial charge in [0.2, 0.25) is 5.52 Å². The Balaban J connectivity index is 1.96. The predicted octanol–water partition coefficient (Wildman–Crippen LogP) is 3.80. The molecule has 21 heavy (non-hydrogen) atoms. The number of thiazole rings is 1. The molecule has 0 radical (unpaired) electrons. The van der Waals surface area contributed by atoms with E-state index in [4.69, 9.17) is 0 Å². The zero-order chi connectivity index (χ0) is 14.8. The third-order valence-electron chi connectivity index (χ3n) is 3.27. The van der Waals surface area contributed by atoms with Crippen LogP contribution >= 0.6 is 11.3 Å². The van der Waals surface area contributed by atoms with E-state index in [1.165, 1.54) is 16.3 Å². The Hall–Kier alpha value is -2.53. The lowest BCUT2D eigenvalue weighted by Crippen LogP contribution is -2.28. The maximum Gasteiger partial charge on any atom is 0.270 e. The number of hydrogen-bond donors (Lipinski definition) is 0. The highest BCUT2D eigenvalue weighted by molar-refractivity contribution is 7.18. The number of aromatic nitrogens is 1. The van der Waals surface area contributed by atoms with Crippen LogP contribution in [0.5, 0.6) is 0 Å². The highest BCUT2D eigenvalue weighted by Crippen LogP contribution is 2.22. The van der Waals surface area contributed by atoms with Crippen LogP contribution in [0, 0.1) is 10.1 Å². The molecule has 104 valence electrons. The number of hydrogen-bond acceptors (Lipinski definition) is 3. The number of non-ortho nitro benzene ring substituents is 1. The topological polar surface area (TPSA) is 47.0 Å². The zero-order valence-corrected chi connectivity index (χ0v) is 12.2. The van der Waals surface area contributed by atoms with Crippen LogP contribution in [0.2, 0.25) is 0 Å². The fourth-order valence-corrected chi connectivity index (χ4v) is 3.23. The van der Waals surface area contributed by atoms with Crippen molar-refractivity contribution in [2.45, 2.75) is 0 Å². The number of aryl methyl sites for hydroxylation is 1. The number of nitrogens with zero attached hydrogens (tertiary/aromatic N) is 2. The van der Waals surface area contributed by atoms with E-state index in [2.05, 4.69) is 16.7 Å². The van der Waals surface area contributed by atoms with Gasteiger partial charge >= 0.3 is 0 Å². The number of para-hydroxylation sites is 1. The largest absolute Gasteiger partial charge is 0.270 e. The predicted molar refractivity (Wildman–Crippen MR) is 85.0 cm³/mol. The van der Waals surface area contributed by atoms with Gasteiger partial charge in [-0.2, -0.15) is 4.57 Å². The molecule has 5 heteroatoms. The highest BCUT2D eigenvalue weighted by Gasteiger charge is 2.13. The Morgan fingerprint density at radius 3 is 2.71 bits per heavy atom. The van der Waals surface area contributed by atoms with Crippen LogP contribution in [0.25, 0.3) is 22.4 Å². The fraction of sp³-hybridized carbons (Fsp3) is 0.0625. The third-order valence-corrected chi connectivity index (χ3v) is 4.46. The smallest absolute Gasteiger partial charge is 0.258 e. The quantitative estimate of drug-likeness (QED) is 0.419. The second-order valence-electron chi connectivity index (χ2n) is 4.65. The minimum absolute atomic E-state index is 0.109. The summed E-state index contributed by atoms with van der Waals surface area (Å²) in [7, 11) is 2.02. The summed E-state index contributed by atoms with van der Waals surface area (Å²) in [6.45, 7) is 0. The summed E-state index contributed by atoms with van der Waals surface area (Å²) in [6.07, 6.45) is 3.89. The minimum Gasteiger partial charge on any atom is -0.258 e. The Morgan fingerprint density at radius 2 is 1.95 bits per heavy atom. The summed E-state index contributed by atoms with van der Waals surface area (Å²) in [6, 6.07) is 14.8. The van der Waals surface area contributed by atoms with Gasteiger partial charge in [0.15, 0.2) is 0 Å². The van der Waals surface area contributed by atoms with E-state index in [-0.39, 0.29) is 10.6 Å². The van der Waals surface area contributed by atoms with Crippen molar-refractivity contribution in [2.24, 2.45) is 7.05 Å². The van der Waals surface area contributed by atoms with Crippen molar-refractivity contribution >= 4 is 39.4 Å². The molecular formula is C16H13N2O2S+. The van der Waals surface area contributed by atoms with Crippen LogP contribution in [0.3, 0.4) is 0 Å². The Labute approximate surface area is 125 Å². The van der Waals surface area contributed by atoms with E-state index < -0.39 is 0 Å². The number of nitro benzene ring substituents is 1. The van der Waals surface area contributed by atoms with Crippen LogP contribution in [0.1, 0.15) is 10.6 Å². The average Bonchev–Trinajstić information content (AvgIpc) is 2.82. The number of benzene rings is 2. The molecule has 1 heterocycles. The first-order valence-electron chi connectivity index (χ1n) is 6.45. The Morgan fingerprint density at radius 1 is 1.14 bits per heavy atom. The van der Waals surface area contributed by atoms with Gasteiger partial charge in [-0.05, 0) is 17.7 Å². The molecule has 0 N–H and O–H groups in total. The molecule has 0 saturated heterocycles. The molecule has 0 spiro atoms. The molecule has 3 rings (SSSR count). The molecule has 0 atom stereocenters. The molecule has 2 aromatic carbocycles. The van der Waals surface area contributed by atoms with Gasteiger partial charge in [0.05, 0.1) is 4.92 Å². The minimum atomic E-state index is -0.378. The summed E-state index contributed by atoms with van der Waals surface area (Å²) in [5, 5.41) is 11.9. The van der Waals surface area contributed by atoms with E-state index in [0.717, 1.165) is 10.6 Å². The van der Waals surface area contributed by atoms with E-state index in [1.807, 2.05) is 37.4 Å². The molecule has 0 aliphatic rings. The maximum atomic E-state index is 10.8. The second kappa shape index (κ2) is 5.46. The van der Waals surface area contributed by atoms with Gasteiger partial charge in [0, 0.05) is 24.3 Å². The first-order chi connectivity index (χ1) is 10.1. The molecule has 0 fully saturated rings. The first kappa shape index (κ1) is 13.5. The van der Waals surface area contributed by atoms with Gasteiger partial charge in [0.1, 0.15) is 11.7 Å². The van der Waals surface area contributed by atoms with Crippen molar-refractivity contribution in [3.05, 3.63) is 69.2 Å². The van der Waals surface area contributed by atoms with Crippen molar-refractivity contribution in [3.8, 4) is 0 Å². The van der Waals surface area contributed by atoms with E-state index >= 15 is 0 Å². The highest BCUT2D eigenvalue weighted by atomic mass is 32.1. The van der Waals surface area contributed by atoms with Crippen LogP contribution in [-0.4, -0.2) is 4.92 Å². The third kappa shape index (κ3) is 2.68. The van der Waals surface area contributed by atoms with E-state index in [1.54, 1.807) is 23.5 Å². The zero-order valence-electron chi connectivity index (χ0n) is 11.4. The molecule has 0 aliphatic heterocycles. The van der Waals surface area contributed by atoms with Crippen LogP contribution in [-0.2, 0) is 7.05 Å². The first-order valence-corrected chi connectivity index (χ1v) is 7.27. The van der Waals surface area contributed by atoms with Crippen LogP contribution < -0.4 is 4.57 Å². The maximum absolute atomic E-state index is 10.8. The second-order valence-corrected chi connectivity index (χ2v) is 5.71. The summed E-state index contributed by atoms with van der Waals surface area (Å²) in [5.41, 5.74) is 2.11. The van der Waals surface area contributed by atoms with Crippen LogP contribution in [0.4, 0.5) is 5.69 Å². The Bertz CT molecular complexity index is 852. The van der Waals surface area contributed by atoms with E-state index in [9.17, 15) is 10.1 Å². The lowest BCUT2D eigenvalue weighted by Gasteiger charge is -1.93. The molecule has 3 aromatic rings. The van der Waals surface area contributed by atoms with Crippen LogP contribution in [0.15, 0.2) is 48.5 Å². The van der Waals surface area contributed by atoms with Crippen molar-refractivity contribution < 1.29 is 9.49 Å². The van der Waals surface area contributed by atoms with Gasteiger partial charge < -0.3 is 0 Å². The van der Waals surface area contributed by atoms with Crippen molar-refractivity contribution in [2.75, 3.05) is 0 Å². The number of fused-ring (bicyclic) bond motifs is 1. The van der Waals surface area contributed by atoms with Crippen molar-refractivity contribution in [1.82, 2.24) is 0 Å². The summed E-state index contributed by atoms with van der Waals surface area (Å²) < 4.78 is 3.34. The standard InChI is InChI=1S/C16H13N2O2S/c1-17-14-7-2-3-8-15(14)21-16(17)10-9-12-5-4-6-13(11-12)18(19)20/h2-11H,1H3/q+1. The molecule has 4 nitrogen and oxygen atoms in total. The number of rotatable bonds is 3. The van der Waals surface area contributed by atoms with Crippen molar-refractivity contribution in [1.29, 1.82) is 0 Å². The van der Waals surface area contributed by atoms with Gasteiger partial charge in [-0.1, -0.05) is 35.6 Å². The van der Waals surface area contributed by atoms with Gasteiger partial charge in [-0.15, -0.1) is 0 Å². The molecule has 1 aromatic heterocycles. The summed E-state index contributed by atoms with van der Waals surface area (Å²) in [5.74, 6) is 0. The SMILES string of the molecule is C[n+]1c(C=Cc2cccc([N+](=O)[O-])c2)sc2ccccc21. The molecule has 0 amide bonds. The molecule has 0 unspecified atom stereocenters. The van der Waals surface area contributed by atoms with Gasteiger partial charge in [-0.25, -0.2) is 0 Å². The van der Waals surface area contributed by atoms with Gasteiger partial charge in [-0.3, -0.25) is 10.1 Å². The van der Waals surface area contributed by atoms with Crippen molar-refractivity contribution in [3.63, 3.8) is 0 Å². The molecule has 0 saturated carbocycles. The fourth-order valence-electron chi connectivity index (χ4n) is 2.18. The lowest BCUT2D eigenvalue weighted by molar-refractivity contribution is -0.642. The Kier molecular flexibility index (Phi) is 3.50. The summed E-state index contributed by atoms with van der Waals surface area (Å²) in [4.78, 5) is 10.4. The molecule has 0 aliphatic carbocycles. The van der Waals surface area contributed by atoms with Gasteiger partial charge in [0.25, 0.3) is 10.7 Å². The lowest BCUT2D eigenvalue weighted by atomic mass is 10.2. The monoisotopic (exact) mass is 297 g/mol. The van der Waals surface area contributed by atoms with E-state index in [0.29, 0.717) is 0 Å². The molecular weight excluding hydrogens is 284 g/mol. The molecule has 0 bridgehead atoms. The average molecular weight is 297 g/mol. The number of nitro groups is 1.